The summed E-state index contributed by atoms with van der Waals surface area (Å²) in [7, 11) is 0. The van der Waals surface area contributed by atoms with Gasteiger partial charge < -0.3 is 16.0 Å². The maximum atomic E-state index is 14.8. The minimum atomic E-state index is -3.41. The molecule has 1 aliphatic rings. The molecule has 3 aromatic rings. The van der Waals surface area contributed by atoms with Gasteiger partial charge in [0.15, 0.2) is 0 Å². The van der Waals surface area contributed by atoms with Gasteiger partial charge in [0, 0.05) is 40.7 Å². The second-order valence-corrected chi connectivity index (χ2v) is 7.52. The van der Waals surface area contributed by atoms with Gasteiger partial charge >= 0.3 is 6.03 Å². The summed E-state index contributed by atoms with van der Waals surface area (Å²) in [4.78, 5) is 28.2. The Hall–Kier alpha value is -4.15. The average molecular weight is 473 g/mol. The molecule has 2 heterocycles. The number of carbonyl (C=O) groups is 2. The molecule has 0 saturated carbocycles. The predicted molar refractivity (Wildman–Crippen MR) is 118 cm³/mol. The third kappa shape index (κ3) is 4.63. The average Bonchev–Trinajstić information content (AvgIpc) is 2.80. The summed E-state index contributed by atoms with van der Waals surface area (Å²) < 4.78 is 56.8. The fraction of sp³-hybridized carbons (Fsp3) is 0.174. The first kappa shape index (κ1) is 23.0. The van der Waals surface area contributed by atoms with Gasteiger partial charge in [0.25, 0.3) is 11.8 Å². The van der Waals surface area contributed by atoms with Crippen LogP contribution in [0.1, 0.15) is 34.8 Å². The molecule has 0 fully saturated rings. The number of hydrogen-bond acceptors (Lipinski definition) is 4. The highest BCUT2D eigenvalue weighted by Gasteiger charge is 2.34. The number of nitrogens with one attached hydrogen (secondary N) is 4. The van der Waals surface area contributed by atoms with Crippen molar-refractivity contribution in [1.82, 2.24) is 10.3 Å². The number of rotatable bonds is 6. The van der Waals surface area contributed by atoms with E-state index in [0.717, 1.165) is 18.2 Å². The van der Waals surface area contributed by atoms with Crippen molar-refractivity contribution >= 4 is 34.8 Å². The summed E-state index contributed by atoms with van der Waals surface area (Å²) in [5.41, 5.74) is 0.0749. The summed E-state index contributed by atoms with van der Waals surface area (Å²) in [5.74, 6) is -5.61. The first-order valence-corrected chi connectivity index (χ1v) is 10.3. The lowest BCUT2D eigenvalue weighted by Crippen LogP contribution is -2.34. The van der Waals surface area contributed by atoms with Crippen molar-refractivity contribution < 1.29 is 27.2 Å². The molecule has 0 radical (unpaired) electrons. The standard InChI is InChI=1S/C23H19F4N5O2/c1-2-23(26,27)16-9-12(24)3-5-14(16)21(33)30-13-4-6-19(17(25)10-13)31-18-7-8-28-20-15(18)11-29-22(34)32-20/h3-10H,2,11H2,1H3,(H,30,33)(H3,28,29,31,32,34). The van der Waals surface area contributed by atoms with Crippen LogP contribution >= 0.6 is 0 Å². The number of aromatic nitrogens is 1. The van der Waals surface area contributed by atoms with Gasteiger partial charge in [-0.3, -0.25) is 10.1 Å². The van der Waals surface area contributed by atoms with E-state index in [0.29, 0.717) is 23.1 Å². The first-order chi connectivity index (χ1) is 16.2. The van der Waals surface area contributed by atoms with Crippen molar-refractivity contribution in [3.05, 3.63) is 77.0 Å². The summed E-state index contributed by atoms with van der Waals surface area (Å²) in [6.07, 6.45) is 0.829. The molecular weight excluding hydrogens is 454 g/mol. The topological polar surface area (TPSA) is 95.2 Å². The molecule has 2 aromatic carbocycles. The van der Waals surface area contributed by atoms with Crippen molar-refractivity contribution in [1.29, 1.82) is 0 Å². The molecule has 0 saturated heterocycles. The van der Waals surface area contributed by atoms with Crippen LogP contribution in [-0.4, -0.2) is 16.9 Å². The number of amides is 3. The van der Waals surface area contributed by atoms with E-state index in [4.69, 9.17) is 0 Å². The summed E-state index contributed by atoms with van der Waals surface area (Å²) in [6.45, 7) is 1.41. The summed E-state index contributed by atoms with van der Waals surface area (Å²) in [6, 6.07) is 7.48. The van der Waals surface area contributed by atoms with Gasteiger partial charge in [-0.25, -0.2) is 27.3 Å². The van der Waals surface area contributed by atoms with Crippen LogP contribution in [0.3, 0.4) is 0 Å². The van der Waals surface area contributed by atoms with E-state index in [1.54, 1.807) is 6.07 Å². The molecule has 0 unspecified atom stereocenters. The molecule has 0 atom stereocenters. The molecule has 34 heavy (non-hydrogen) atoms. The Morgan fingerprint density at radius 1 is 1.12 bits per heavy atom. The zero-order valence-corrected chi connectivity index (χ0v) is 17.8. The lowest BCUT2D eigenvalue weighted by atomic mass is 9.99. The van der Waals surface area contributed by atoms with E-state index >= 15 is 0 Å². The largest absolute Gasteiger partial charge is 0.353 e. The number of urea groups is 1. The van der Waals surface area contributed by atoms with E-state index in [1.807, 2.05) is 0 Å². The predicted octanol–water partition coefficient (Wildman–Crippen LogP) is 5.49. The molecule has 0 bridgehead atoms. The third-order valence-electron chi connectivity index (χ3n) is 5.27. The molecule has 0 aliphatic carbocycles. The molecule has 1 aromatic heterocycles. The summed E-state index contributed by atoms with van der Waals surface area (Å²) >= 11 is 0. The zero-order chi connectivity index (χ0) is 24.5. The molecular formula is C23H19F4N5O2. The van der Waals surface area contributed by atoms with E-state index < -0.39 is 47.0 Å². The maximum Gasteiger partial charge on any atom is 0.320 e. The van der Waals surface area contributed by atoms with Crippen molar-refractivity contribution in [2.75, 3.05) is 16.0 Å². The van der Waals surface area contributed by atoms with Crippen LogP contribution in [0.5, 0.6) is 0 Å². The van der Waals surface area contributed by atoms with E-state index in [1.165, 1.54) is 25.3 Å². The molecule has 4 rings (SSSR count). The molecule has 0 spiro atoms. The van der Waals surface area contributed by atoms with Gasteiger partial charge in [-0.1, -0.05) is 6.92 Å². The van der Waals surface area contributed by atoms with E-state index in [9.17, 15) is 27.2 Å². The van der Waals surface area contributed by atoms with Gasteiger partial charge in [-0.05, 0) is 42.5 Å². The van der Waals surface area contributed by atoms with Gasteiger partial charge in [0.05, 0.1) is 12.2 Å². The van der Waals surface area contributed by atoms with Crippen LogP contribution in [0.15, 0.2) is 48.7 Å². The molecule has 1 aliphatic heterocycles. The minimum Gasteiger partial charge on any atom is -0.353 e. The second-order valence-electron chi connectivity index (χ2n) is 7.52. The highest BCUT2D eigenvalue weighted by molar-refractivity contribution is 6.05. The van der Waals surface area contributed by atoms with Crippen molar-refractivity contribution in [2.45, 2.75) is 25.8 Å². The van der Waals surface area contributed by atoms with E-state index in [-0.39, 0.29) is 17.9 Å². The van der Waals surface area contributed by atoms with Gasteiger partial charge in [-0.2, -0.15) is 0 Å². The maximum absolute atomic E-state index is 14.8. The number of halogens is 4. The lowest BCUT2D eigenvalue weighted by molar-refractivity contribution is -0.00928. The van der Waals surface area contributed by atoms with Crippen LogP contribution in [0, 0.1) is 11.6 Å². The van der Waals surface area contributed by atoms with Crippen LogP contribution in [-0.2, 0) is 12.5 Å². The third-order valence-corrected chi connectivity index (χ3v) is 5.27. The van der Waals surface area contributed by atoms with Crippen LogP contribution in [0.25, 0.3) is 0 Å². The highest BCUT2D eigenvalue weighted by Crippen LogP contribution is 2.35. The van der Waals surface area contributed by atoms with Crippen LogP contribution in [0.4, 0.5) is 45.2 Å². The Balaban J connectivity index is 1.55. The number of fused-ring (bicyclic) bond motifs is 1. The number of anilines is 4. The van der Waals surface area contributed by atoms with E-state index in [2.05, 4.69) is 26.3 Å². The Morgan fingerprint density at radius 3 is 2.65 bits per heavy atom. The molecule has 7 nitrogen and oxygen atoms in total. The monoisotopic (exact) mass is 473 g/mol. The quantitative estimate of drug-likeness (QED) is 0.356. The van der Waals surface area contributed by atoms with Crippen molar-refractivity contribution in [3.8, 4) is 0 Å². The van der Waals surface area contributed by atoms with Gasteiger partial charge in [-0.15, -0.1) is 0 Å². The summed E-state index contributed by atoms with van der Waals surface area (Å²) in [5, 5.41) is 10.4. The number of carbonyl (C=O) groups excluding carboxylic acids is 2. The Kier molecular flexibility index (Phi) is 6.10. The SMILES string of the molecule is CCC(F)(F)c1cc(F)ccc1C(=O)Nc1ccc(Nc2ccnc3c2CNC(=O)N3)c(F)c1. The number of benzene rings is 2. The molecule has 4 N–H and O–H groups in total. The molecule has 3 amide bonds. The van der Waals surface area contributed by atoms with Gasteiger partial charge in [0.1, 0.15) is 17.5 Å². The number of alkyl halides is 2. The second kappa shape index (κ2) is 9.00. The van der Waals surface area contributed by atoms with Crippen LogP contribution < -0.4 is 21.3 Å². The minimum absolute atomic E-state index is 0.0221. The molecule has 11 heteroatoms. The lowest BCUT2D eigenvalue weighted by Gasteiger charge is -2.21. The smallest absolute Gasteiger partial charge is 0.320 e. The highest BCUT2D eigenvalue weighted by atomic mass is 19.3. The van der Waals surface area contributed by atoms with Crippen LogP contribution in [0.2, 0.25) is 0 Å². The number of pyridine rings is 1. The first-order valence-electron chi connectivity index (χ1n) is 10.3. The Labute approximate surface area is 191 Å². The van der Waals surface area contributed by atoms with Crippen molar-refractivity contribution in [2.24, 2.45) is 0 Å². The zero-order valence-electron chi connectivity index (χ0n) is 17.8. The van der Waals surface area contributed by atoms with Gasteiger partial charge in [0.2, 0.25) is 0 Å². The number of nitrogens with zero attached hydrogens (tertiary/aromatic N) is 1. The Bertz CT molecular complexity index is 1280. The fourth-order valence-corrected chi connectivity index (χ4v) is 3.46. The normalized spacial score (nSPS) is 12.9. The molecule has 176 valence electrons. The fourth-order valence-electron chi connectivity index (χ4n) is 3.46. The van der Waals surface area contributed by atoms with Crippen molar-refractivity contribution in [3.63, 3.8) is 0 Å². The number of hydrogen-bond donors (Lipinski definition) is 4. The Morgan fingerprint density at radius 2 is 1.91 bits per heavy atom.